The first kappa shape index (κ1) is 13.6. The Morgan fingerprint density at radius 2 is 1.89 bits per heavy atom. The molecule has 1 fully saturated rings. The molecule has 1 aliphatic rings. The van der Waals surface area contributed by atoms with Crippen molar-refractivity contribution in [1.29, 1.82) is 0 Å². The molecular formula is C16H19NO2. The Kier molecular flexibility index (Phi) is 5.00. The molecule has 3 nitrogen and oxygen atoms in total. The molecule has 3 heteroatoms. The van der Waals surface area contributed by atoms with Crippen molar-refractivity contribution in [2.24, 2.45) is 0 Å². The Morgan fingerprint density at radius 3 is 2.53 bits per heavy atom. The number of benzene rings is 1. The van der Waals surface area contributed by atoms with E-state index in [4.69, 9.17) is 5.11 Å². The van der Waals surface area contributed by atoms with E-state index in [1.165, 1.54) is 19.3 Å². The Labute approximate surface area is 114 Å². The normalized spacial score (nSPS) is 15.4. The number of hydrogen-bond donors (Lipinski definition) is 2. The largest absolute Gasteiger partial charge is 0.384 e. The quantitative estimate of drug-likeness (QED) is 0.797. The Balaban J connectivity index is 1.95. The molecule has 0 bridgehead atoms. The van der Waals surface area contributed by atoms with Crippen molar-refractivity contribution in [1.82, 2.24) is 5.32 Å². The zero-order chi connectivity index (χ0) is 13.5. The molecule has 100 valence electrons. The Morgan fingerprint density at radius 1 is 1.21 bits per heavy atom. The summed E-state index contributed by atoms with van der Waals surface area (Å²) in [5.41, 5.74) is 1.48. The summed E-state index contributed by atoms with van der Waals surface area (Å²) < 4.78 is 0. The van der Waals surface area contributed by atoms with Crippen LogP contribution >= 0.6 is 0 Å². The van der Waals surface area contributed by atoms with Gasteiger partial charge in [0.05, 0.1) is 0 Å². The van der Waals surface area contributed by atoms with Gasteiger partial charge in [0, 0.05) is 17.2 Å². The monoisotopic (exact) mass is 257 g/mol. The fourth-order valence-electron chi connectivity index (χ4n) is 2.36. The summed E-state index contributed by atoms with van der Waals surface area (Å²) in [5.74, 6) is 5.39. The lowest BCUT2D eigenvalue weighted by atomic mass is 9.95. The lowest BCUT2D eigenvalue weighted by Gasteiger charge is -2.22. The van der Waals surface area contributed by atoms with Gasteiger partial charge < -0.3 is 10.4 Å². The number of nitrogens with one attached hydrogen (secondary N) is 1. The van der Waals surface area contributed by atoms with E-state index in [9.17, 15) is 4.79 Å². The lowest BCUT2D eigenvalue weighted by molar-refractivity contribution is 0.0927. The van der Waals surface area contributed by atoms with Crippen LogP contribution in [0.15, 0.2) is 24.3 Å². The van der Waals surface area contributed by atoms with Crippen molar-refractivity contribution in [3.05, 3.63) is 35.4 Å². The van der Waals surface area contributed by atoms with Crippen LogP contribution in [0.2, 0.25) is 0 Å². The van der Waals surface area contributed by atoms with E-state index in [0.717, 1.165) is 18.4 Å². The average Bonchev–Trinajstić information content (AvgIpc) is 2.46. The smallest absolute Gasteiger partial charge is 0.251 e. The van der Waals surface area contributed by atoms with Gasteiger partial charge in [-0.05, 0) is 37.1 Å². The van der Waals surface area contributed by atoms with Gasteiger partial charge in [-0.15, -0.1) is 0 Å². The van der Waals surface area contributed by atoms with Crippen LogP contribution in [0.25, 0.3) is 0 Å². The number of aliphatic hydroxyl groups excluding tert-OH is 1. The first-order chi connectivity index (χ1) is 9.29. The highest BCUT2D eigenvalue weighted by Gasteiger charge is 2.16. The van der Waals surface area contributed by atoms with Crippen molar-refractivity contribution >= 4 is 5.91 Å². The SMILES string of the molecule is O=C(NC1CCCCC1)c1ccc(C#CCO)cc1. The third-order valence-electron chi connectivity index (χ3n) is 3.40. The van der Waals surface area contributed by atoms with Gasteiger partial charge in [-0.1, -0.05) is 31.1 Å². The van der Waals surface area contributed by atoms with E-state index in [0.29, 0.717) is 11.6 Å². The Bertz CT molecular complexity index is 476. The van der Waals surface area contributed by atoms with Crippen LogP contribution in [0, 0.1) is 11.8 Å². The minimum atomic E-state index is -0.149. The second kappa shape index (κ2) is 6.96. The van der Waals surface area contributed by atoms with Gasteiger partial charge >= 0.3 is 0 Å². The zero-order valence-electron chi connectivity index (χ0n) is 11.0. The predicted octanol–water partition coefficient (Wildman–Crippen LogP) is 2.09. The van der Waals surface area contributed by atoms with Gasteiger partial charge in [0.2, 0.25) is 0 Å². The summed E-state index contributed by atoms with van der Waals surface area (Å²) in [6, 6.07) is 7.49. The maximum Gasteiger partial charge on any atom is 0.251 e. The van der Waals surface area contributed by atoms with Crippen LogP contribution in [0.5, 0.6) is 0 Å². The average molecular weight is 257 g/mol. The van der Waals surface area contributed by atoms with Crippen LogP contribution in [0.1, 0.15) is 48.0 Å². The summed E-state index contributed by atoms with van der Waals surface area (Å²) in [6.45, 7) is -0.149. The van der Waals surface area contributed by atoms with Crippen molar-refractivity contribution in [2.45, 2.75) is 38.1 Å². The molecular weight excluding hydrogens is 238 g/mol. The van der Waals surface area contributed by atoms with Crippen LogP contribution in [0.3, 0.4) is 0 Å². The molecule has 0 saturated heterocycles. The third kappa shape index (κ3) is 4.11. The summed E-state index contributed by atoms with van der Waals surface area (Å²) in [6.07, 6.45) is 5.88. The predicted molar refractivity (Wildman–Crippen MR) is 74.7 cm³/mol. The van der Waals surface area contributed by atoms with Crippen LogP contribution in [0.4, 0.5) is 0 Å². The van der Waals surface area contributed by atoms with E-state index >= 15 is 0 Å². The first-order valence-electron chi connectivity index (χ1n) is 6.80. The van der Waals surface area contributed by atoms with Gasteiger partial charge in [-0.25, -0.2) is 0 Å². The molecule has 0 aromatic heterocycles. The summed E-state index contributed by atoms with van der Waals surface area (Å²) >= 11 is 0. The Hall–Kier alpha value is -1.79. The molecule has 0 aliphatic heterocycles. The van der Waals surface area contributed by atoms with Crippen molar-refractivity contribution in [3.8, 4) is 11.8 Å². The highest BCUT2D eigenvalue weighted by atomic mass is 16.2. The molecule has 2 rings (SSSR count). The van der Waals surface area contributed by atoms with Crippen LogP contribution < -0.4 is 5.32 Å². The highest BCUT2D eigenvalue weighted by Crippen LogP contribution is 2.17. The highest BCUT2D eigenvalue weighted by molar-refractivity contribution is 5.94. The molecule has 0 spiro atoms. The second-order valence-corrected chi connectivity index (χ2v) is 4.85. The molecule has 2 N–H and O–H groups in total. The topological polar surface area (TPSA) is 49.3 Å². The van der Waals surface area contributed by atoms with E-state index in [2.05, 4.69) is 17.2 Å². The van der Waals surface area contributed by atoms with Gasteiger partial charge in [0.15, 0.2) is 0 Å². The van der Waals surface area contributed by atoms with Crippen molar-refractivity contribution in [2.75, 3.05) is 6.61 Å². The summed E-state index contributed by atoms with van der Waals surface area (Å²) in [7, 11) is 0. The number of amides is 1. The lowest BCUT2D eigenvalue weighted by Crippen LogP contribution is -2.36. The van der Waals surface area contributed by atoms with E-state index in [1.54, 1.807) is 24.3 Å². The molecule has 0 radical (unpaired) electrons. The number of carbonyl (C=O) groups excluding carboxylic acids is 1. The maximum atomic E-state index is 12.1. The third-order valence-corrected chi connectivity index (χ3v) is 3.40. The fourth-order valence-corrected chi connectivity index (χ4v) is 2.36. The molecule has 1 aromatic rings. The number of aliphatic hydroxyl groups is 1. The molecule has 1 amide bonds. The van der Waals surface area contributed by atoms with Crippen molar-refractivity contribution in [3.63, 3.8) is 0 Å². The van der Waals surface area contributed by atoms with Gasteiger partial charge in [-0.3, -0.25) is 4.79 Å². The standard InChI is InChI=1S/C16H19NO2/c18-12-4-5-13-8-10-14(11-9-13)16(19)17-15-6-2-1-3-7-15/h8-11,15,18H,1-3,6-7,12H2,(H,17,19). The maximum absolute atomic E-state index is 12.1. The molecule has 1 saturated carbocycles. The first-order valence-corrected chi connectivity index (χ1v) is 6.80. The number of hydrogen-bond acceptors (Lipinski definition) is 2. The fraction of sp³-hybridized carbons (Fsp3) is 0.438. The molecule has 0 unspecified atom stereocenters. The molecule has 1 aromatic carbocycles. The molecule has 0 atom stereocenters. The van der Waals surface area contributed by atoms with Gasteiger partial charge in [-0.2, -0.15) is 0 Å². The van der Waals surface area contributed by atoms with E-state index in [1.807, 2.05) is 0 Å². The van der Waals surface area contributed by atoms with Crippen LogP contribution in [-0.2, 0) is 0 Å². The number of carbonyl (C=O) groups is 1. The second-order valence-electron chi connectivity index (χ2n) is 4.85. The van der Waals surface area contributed by atoms with Crippen LogP contribution in [-0.4, -0.2) is 23.7 Å². The summed E-state index contributed by atoms with van der Waals surface area (Å²) in [4.78, 5) is 12.1. The van der Waals surface area contributed by atoms with E-state index in [-0.39, 0.29) is 12.5 Å². The minimum absolute atomic E-state index is 0.00596. The molecule has 19 heavy (non-hydrogen) atoms. The van der Waals surface area contributed by atoms with Crippen molar-refractivity contribution < 1.29 is 9.90 Å². The molecule has 1 aliphatic carbocycles. The van der Waals surface area contributed by atoms with Gasteiger partial charge in [0.25, 0.3) is 5.91 Å². The zero-order valence-corrected chi connectivity index (χ0v) is 11.0. The molecule has 0 heterocycles. The summed E-state index contributed by atoms with van der Waals surface area (Å²) in [5, 5.41) is 11.7. The van der Waals surface area contributed by atoms with Gasteiger partial charge in [0.1, 0.15) is 6.61 Å². The number of rotatable bonds is 2. The van der Waals surface area contributed by atoms with E-state index < -0.39 is 0 Å². The minimum Gasteiger partial charge on any atom is -0.384 e.